The second kappa shape index (κ2) is 6.75. The highest BCUT2D eigenvalue weighted by Gasteiger charge is 2.17. The summed E-state index contributed by atoms with van der Waals surface area (Å²) in [5.41, 5.74) is 2.05. The minimum atomic E-state index is 0.870. The Hall–Kier alpha value is -2.29. The first kappa shape index (κ1) is 14.1. The molecule has 3 nitrogen and oxygen atoms in total. The average molecular weight is 269 g/mol. The van der Waals surface area contributed by atoms with Crippen molar-refractivity contribution in [3.05, 3.63) is 60.7 Å². The van der Waals surface area contributed by atoms with Gasteiger partial charge >= 0.3 is 5.89 Å². The van der Waals surface area contributed by atoms with Gasteiger partial charge in [0.2, 0.25) is 5.58 Å². The number of nitrogens with zero attached hydrogens (tertiary/aromatic N) is 2. The van der Waals surface area contributed by atoms with E-state index >= 15 is 0 Å². The zero-order chi connectivity index (χ0) is 14.4. The van der Waals surface area contributed by atoms with Gasteiger partial charge in [-0.2, -0.15) is 4.57 Å². The summed E-state index contributed by atoms with van der Waals surface area (Å²) in [5.74, 6) is 0.870. The molecule has 2 aromatic rings. The van der Waals surface area contributed by atoms with Gasteiger partial charge in [0.15, 0.2) is 0 Å². The molecule has 1 aromatic carbocycles. The van der Waals surface area contributed by atoms with Crippen LogP contribution in [0.15, 0.2) is 59.2 Å². The van der Waals surface area contributed by atoms with E-state index in [0.717, 1.165) is 23.5 Å². The summed E-state index contributed by atoms with van der Waals surface area (Å²) in [5, 5.41) is 0. The molecule has 0 saturated carbocycles. The summed E-state index contributed by atoms with van der Waals surface area (Å²) >= 11 is 0. The number of benzene rings is 1. The number of para-hydroxylation sites is 2. The highest BCUT2D eigenvalue weighted by molar-refractivity contribution is 5.69. The van der Waals surface area contributed by atoms with Crippen molar-refractivity contribution in [1.82, 2.24) is 4.90 Å². The van der Waals surface area contributed by atoms with E-state index in [1.165, 1.54) is 0 Å². The van der Waals surface area contributed by atoms with Crippen LogP contribution in [0.1, 0.15) is 12.8 Å². The van der Waals surface area contributed by atoms with E-state index in [1.807, 2.05) is 73.8 Å². The predicted octanol–water partition coefficient (Wildman–Crippen LogP) is 3.38. The van der Waals surface area contributed by atoms with Crippen LogP contribution in [0, 0.1) is 0 Å². The van der Waals surface area contributed by atoms with Crippen molar-refractivity contribution < 1.29 is 8.98 Å². The van der Waals surface area contributed by atoms with Crippen LogP contribution in [0.4, 0.5) is 0 Å². The van der Waals surface area contributed by atoms with Crippen LogP contribution in [0.3, 0.4) is 0 Å². The second-order valence-corrected chi connectivity index (χ2v) is 4.70. The molecular formula is C17H21N2O+. The Morgan fingerprint density at radius 1 is 1.10 bits per heavy atom. The van der Waals surface area contributed by atoms with Gasteiger partial charge in [-0.25, -0.2) is 0 Å². The molecule has 3 heteroatoms. The molecular weight excluding hydrogens is 248 g/mol. The number of oxazole rings is 1. The first-order valence-electron chi connectivity index (χ1n) is 6.81. The van der Waals surface area contributed by atoms with Gasteiger partial charge in [0, 0.05) is 20.2 Å². The molecule has 0 atom stereocenters. The number of hydrogen-bond donors (Lipinski definition) is 0. The molecule has 0 aliphatic rings. The Labute approximate surface area is 120 Å². The highest BCUT2D eigenvalue weighted by Crippen LogP contribution is 2.14. The Balaban J connectivity index is 2.17. The number of hydrogen-bond acceptors (Lipinski definition) is 2. The van der Waals surface area contributed by atoms with Crippen LogP contribution in [-0.2, 0) is 6.54 Å². The zero-order valence-electron chi connectivity index (χ0n) is 12.3. The molecule has 0 bridgehead atoms. The molecule has 0 unspecified atom stereocenters. The lowest BCUT2D eigenvalue weighted by atomic mass is 10.3. The summed E-state index contributed by atoms with van der Waals surface area (Å²) in [6, 6.07) is 8.10. The predicted molar refractivity (Wildman–Crippen MR) is 83.1 cm³/mol. The fourth-order valence-electron chi connectivity index (χ4n) is 1.99. The first-order chi connectivity index (χ1) is 9.72. The van der Waals surface area contributed by atoms with Crippen molar-refractivity contribution in [2.45, 2.75) is 13.5 Å². The molecule has 20 heavy (non-hydrogen) atoms. The molecule has 104 valence electrons. The minimum Gasteiger partial charge on any atom is -0.398 e. The molecule has 0 aliphatic carbocycles. The normalized spacial score (nSPS) is 12.3. The van der Waals surface area contributed by atoms with E-state index in [-0.39, 0.29) is 0 Å². The lowest BCUT2D eigenvalue weighted by Crippen LogP contribution is -2.33. The summed E-state index contributed by atoms with van der Waals surface area (Å²) in [6.07, 6.45) is 12.0. The first-order valence-corrected chi connectivity index (χ1v) is 6.81. The molecule has 0 fully saturated rings. The molecule has 1 aromatic heterocycles. The smallest absolute Gasteiger partial charge is 0.374 e. The average Bonchev–Trinajstić information content (AvgIpc) is 2.79. The fraction of sp³-hybridized carbons (Fsp3) is 0.235. The van der Waals surface area contributed by atoms with Crippen molar-refractivity contribution in [3.63, 3.8) is 0 Å². The van der Waals surface area contributed by atoms with E-state index in [9.17, 15) is 0 Å². The van der Waals surface area contributed by atoms with Gasteiger partial charge < -0.3 is 9.32 Å². The Morgan fingerprint density at radius 2 is 1.85 bits per heavy atom. The Kier molecular flexibility index (Phi) is 4.77. The third-order valence-electron chi connectivity index (χ3n) is 2.91. The lowest BCUT2D eigenvalue weighted by Gasteiger charge is -2.00. The van der Waals surface area contributed by atoms with Gasteiger partial charge in [-0.05, 0) is 25.3 Å². The number of aryl methyl sites for hydroxylation is 1. The molecule has 1 heterocycles. The van der Waals surface area contributed by atoms with Gasteiger partial charge in [-0.3, -0.25) is 0 Å². The third-order valence-corrected chi connectivity index (χ3v) is 2.91. The Morgan fingerprint density at radius 3 is 2.60 bits per heavy atom. The minimum absolute atomic E-state index is 0.870. The summed E-state index contributed by atoms with van der Waals surface area (Å²) in [4.78, 5) is 2.00. The molecule has 0 spiro atoms. The molecule has 0 N–H and O–H groups in total. The van der Waals surface area contributed by atoms with Crippen molar-refractivity contribution in [1.29, 1.82) is 0 Å². The topological polar surface area (TPSA) is 20.3 Å². The van der Waals surface area contributed by atoms with E-state index in [0.29, 0.717) is 0 Å². The quantitative estimate of drug-likeness (QED) is 0.612. The standard InChI is InChI=1S/C17H21N2O/c1-4-19-15-11-8-9-12-16(15)20-17(19)13-7-5-6-10-14-18(2)3/h5-14H,4H2,1-3H3/q+1. The van der Waals surface area contributed by atoms with Crippen LogP contribution in [0.25, 0.3) is 17.2 Å². The SMILES string of the molecule is CC[n+]1c(/C=C/C=C/C=C/N(C)C)oc2ccccc21. The van der Waals surface area contributed by atoms with Gasteiger partial charge in [-0.1, -0.05) is 30.4 Å². The molecule has 2 rings (SSSR count). The number of allylic oxidation sites excluding steroid dienone is 4. The van der Waals surface area contributed by atoms with Crippen LogP contribution >= 0.6 is 0 Å². The van der Waals surface area contributed by atoms with Gasteiger partial charge in [-0.15, -0.1) is 0 Å². The maximum absolute atomic E-state index is 5.85. The maximum Gasteiger partial charge on any atom is 0.374 e. The fourth-order valence-corrected chi connectivity index (χ4v) is 1.99. The van der Waals surface area contributed by atoms with Crippen molar-refractivity contribution in [3.8, 4) is 0 Å². The maximum atomic E-state index is 5.85. The highest BCUT2D eigenvalue weighted by atomic mass is 16.3. The van der Waals surface area contributed by atoms with E-state index < -0.39 is 0 Å². The van der Waals surface area contributed by atoms with Crippen LogP contribution < -0.4 is 4.57 Å². The molecule has 0 saturated heterocycles. The summed E-state index contributed by atoms with van der Waals surface area (Å²) < 4.78 is 8.01. The molecule has 0 aliphatic heterocycles. The van der Waals surface area contributed by atoms with Crippen LogP contribution in [-0.4, -0.2) is 19.0 Å². The van der Waals surface area contributed by atoms with Gasteiger partial charge in [0.05, 0.1) is 6.08 Å². The van der Waals surface area contributed by atoms with Crippen LogP contribution in [0.2, 0.25) is 0 Å². The summed E-state index contributed by atoms with van der Waals surface area (Å²) in [6.45, 7) is 3.01. The zero-order valence-corrected chi connectivity index (χ0v) is 12.3. The van der Waals surface area contributed by atoms with Gasteiger partial charge in [0.25, 0.3) is 5.52 Å². The Bertz CT molecular complexity index is 648. The van der Waals surface area contributed by atoms with Crippen LogP contribution in [0.5, 0.6) is 0 Å². The number of fused-ring (bicyclic) bond motifs is 1. The van der Waals surface area contributed by atoms with Crippen molar-refractivity contribution >= 4 is 17.2 Å². The van der Waals surface area contributed by atoms with E-state index in [4.69, 9.17) is 4.42 Å². The monoisotopic (exact) mass is 269 g/mol. The third kappa shape index (κ3) is 3.38. The largest absolute Gasteiger partial charge is 0.398 e. The van der Waals surface area contributed by atoms with Gasteiger partial charge in [0.1, 0.15) is 6.54 Å². The molecule has 0 amide bonds. The second-order valence-electron chi connectivity index (χ2n) is 4.70. The van der Waals surface area contributed by atoms with Crippen molar-refractivity contribution in [2.75, 3.05) is 14.1 Å². The molecule has 0 radical (unpaired) electrons. The summed E-state index contributed by atoms with van der Waals surface area (Å²) in [7, 11) is 4.00. The van der Waals surface area contributed by atoms with Crippen molar-refractivity contribution in [2.24, 2.45) is 0 Å². The number of rotatable bonds is 5. The van der Waals surface area contributed by atoms with E-state index in [1.54, 1.807) is 0 Å². The number of aromatic nitrogens is 1. The lowest BCUT2D eigenvalue weighted by molar-refractivity contribution is -0.674. The van der Waals surface area contributed by atoms with E-state index in [2.05, 4.69) is 17.6 Å².